The van der Waals surface area contributed by atoms with Crippen LogP contribution in [0.4, 0.5) is 13.2 Å². The zero-order valence-corrected chi connectivity index (χ0v) is 19.1. The lowest BCUT2D eigenvalue weighted by molar-refractivity contribution is -0.236. The van der Waals surface area contributed by atoms with E-state index in [-0.39, 0.29) is 37.0 Å². The predicted octanol–water partition coefficient (Wildman–Crippen LogP) is 2.96. The first-order valence-electron chi connectivity index (χ1n) is 10.9. The second kappa shape index (κ2) is 9.65. The minimum atomic E-state index is -4.59. The standard InChI is InChI=1S/C24H25F3N2O6/c1-33-15-8-18(30)22(19(9-15)34-2)17(13-3-4-16-14(7-13)11-28-23(16)32)10-21(31)29-5-6-35-20(12-29)24(25,26)27/h3-4,7-9,17,20,30H,5-6,10-12H2,1-2H3,(H,28,32). The molecule has 1 saturated heterocycles. The molecule has 2 N–H and O–H groups in total. The average Bonchev–Trinajstić information content (AvgIpc) is 3.21. The molecule has 188 valence electrons. The van der Waals surface area contributed by atoms with Crippen LogP contribution in [-0.2, 0) is 16.1 Å². The van der Waals surface area contributed by atoms with Crippen molar-refractivity contribution < 1.29 is 42.1 Å². The Hall–Kier alpha value is -3.47. The maximum absolute atomic E-state index is 13.2. The lowest BCUT2D eigenvalue weighted by atomic mass is 9.85. The molecule has 2 unspecified atom stereocenters. The van der Waals surface area contributed by atoms with Crippen LogP contribution in [0.1, 0.15) is 39.4 Å². The number of ether oxygens (including phenoxy) is 3. The van der Waals surface area contributed by atoms with Crippen molar-refractivity contribution in [2.75, 3.05) is 33.9 Å². The van der Waals surface area contributed by atoms with Gasteiger partial charge in [0, 0.05) is 48.7 Å². The van der Waals surface area contributed by atoms with Gasteiger partial charge in [-0.2, -0.15) is 13.2 Å². The van der Waals surface area contributed by atoms with E-state index >= 15 is 0 Å². The lowest BCUT2D eigenvalue weighted by Gasteiger charge is -2.34. The molecule has 0 aliphatic carbocycles. The summed E-state index contributed by atoms with van der Waals surface area (Å²) in [6.45, 7) is -0.509. The zero-order chi connectivity index (χ0) is 25.3. The molecule has 1 fully saturated rings. The van der Waals surface area contributed by atoms with Crippen molar-refractivity contribution in [1.29, 1.82) is 0 Å². The number of methoxy groups -OCH3 is 2. The van der Waals surface area contributed by atoms with Gasteiger partial charge in [0.15, 0.2) is 6.10 Å². The fraction of sp³-hybridized carbons (Fsp3) is 0.417. The predicted molar refractivity (Wildman–Crippen MR) is 118 cm³/mol. The largest absolute Gasteiger partial charge is 0.507 e. The Balaban J connectivity index is 1.72. The molecule has 0 bridgehead atoms. The van der Waals surface area contributed by atoms with Crippen molar-refractivity contribution in [2.45, 2.75) is 31.2 Å². The van der Waals surface area contributed by atoms with Crippen LogP contribution in [0.3, 0.4) is 0 Å². The molecule has 8 nitrogen and oxygen atoms in total. The third-order valence-electron chi connectivity index (χ3n) is 6.28. The molecule has 0 spiro atoms. The molecule has 11 heteroatoms. The number of phenolic OH excluding ortho intramolecular Hbond substituents is 1. The second-order valence-electron chi connectivity index (χ2n) is 8.36. The highest BCUT2D eigenvalue weighted by atomic mass is 19.4. The lowest BCUT2D eigenvalue weighted by Crippen LogP contribution is -2.51. The monoisotopic (exact) mass is 494 g/mol. The number of hydrogen-bond acceptors (Lipinski definition) is 6. The molecule has 0 radical (unpaired) electrons. The normalized spacial score (nSPS) is 18.6. The maximum Gasteiger partial charge on any atom is 0.416 e. The summed E-state index contributed by atoms with van der Waals surface area (Å²) in [5.41, 5.74) is 2.12. The van der Waals surface area contributed by atoms with Gasteiger partial charge in [0.05, 0.1) is 27.4 Å². The SMILES string of the molecule is COc1cc(O)c(C(CC(=O)N2CCOC(C(F)(F)F)C2)c2ccc3c(c2)CNC3=O)c(OC)c1. The van der Waals surface area contributed by atoms with Gasteiger partial charge in [0.25, 0.3) is 5.91 Å². The summed E-state index contributed by atoms with van der Waals surface area (Å²) in [7, 11) is 2.83. The Bertz CT molecular complexity index is 1140. The van der Waals surface area contributed by atoms with Crippen LogP contribution in [0.15, 0.2) is 30.3 Å². The third-order valence-corrected chi connectivity index (χ3v) is 6.28. The number of hydrogen-bond donors (Lipinski definition) is 2. The molecule has 2 aliphatic heterocycles. The van der Waals surface area contributed by atoms with E-state index < -0.39 is 30.7 Å². The van der Waals surface area contributed by atoms with Crippen LogP contribution < -0.4 is 14.8 Å². The Morgan fingerprint density at radius 1 is 1.26 bits per heavy atom. The van der Waals surface area contributed by atoms with E-state index in [0.717, 1.165) is 10.5 Å². The number of benzene rings is 2. The molecular formula is C24H25F3N2O6. The van der Waals surface area contributed by atoms with E-state index in [1.165, 1.54) is 20.3 Å². The van der Waals surface area contributed by atoms with E-state index in [9.17, 15) is 27.9 Å². The van der Waals surface area contributed by atoms with Crippen molar-refractivity contribution >= 4 is 11.8 Å². The summed E-state index contributed by atoms with van der Waals surface area (Å²) in [5.74, 6) is -1.11. The van der Waals surface area contributed by atoms with Gasteiger partial charge in [-0.25, -0.2) is 0 Å². The Morgan fingerprint density at radius 2 is 2.03 bits per heavy atom. The van der Waals surface area contributed by atoms with Crippen LogP contribution in [0.2, 0.25) is 0 Å². The van der Waals surface area contributed by atoms with Crippen molar-refractivity contribution in [2.24, 2.45) is 0 Å². The van der Waals surface area contributed by atoms with Crippen LogP contribution >= 0.6 is 0 Å². The first-order chi connectivity index (χ1) is 16.6. The van der Waals surface area contributed by atoms with Gasteiger partial charge < -0.3 is 29.5 Å². The number of amides is 2. The molecular weight excluding hydrogens is 469 g/mol. The van der Waals surface area contributed by atoms with Crippen LogP contribution in [0, 0.1) is 0 Å². The van der Waals surface area contributed by atoms with E-state index in [1.54, 1.807) is 24.3 Å². The molecule has 35 heavy (non-hydrogen) atoms. The molecule has 0 saturated carbocycles. The van der Waals surface area contributed by atoms with E-state index in [2.05, 4.69) is 5.32 Å². The smallest absolute Gasteiger partial charge is 0.416 e. The van der Waals surface area contributed by atoms with Gasteiger partial charge in [-0.15, -0.1) is 0 Å². The van der Waals surface area contributed by atoms with Gasteiger partial charge in [-0.1, -0.05) is 12.1 Å². The average molecular weight is 494 g/mol. The second-order valence-corrected chi connectivity index (χ2v) is 8.36. The molecule has 2 atom stereocenters. The van der Waals surface area contributed by atoms with Crippen LogP contribution in [-0.4, -0.2) is 68.0 Å². The molecule has 2 amide bonds. The number of rotatable bonds is 6. The van der Waals surface area contributed by atoms with E-state index in [0.29, 0.717) is 29.0 Å². The Kier molecular flexibility index (Phi) is 6.79. The topological polar surface area (TPSA) is 97.3 Å². The van der Waals surface area contributed by atoms with Gasteiger partial charge in [0.2, 0.25) is 5.91 Å². The summed E-state index contributed by atoms with van der Waals surface area (Å²) in [6.07, 6.45) is -6.88. The van der Waals surface area contributed by atoms with Gasteiger partial charge in [-0.05, 0) is 17.2 Å². The number of phenols is 1. The van der Waals surface area contributed by atoms with Gasteiger partial charge in [-0.3, -0.25) is 9.59 Å². The Labute approximate surface area is 199 Å². The quantitative estimate of drug-likeness (QED) is 0.641. The molecule has 2 aromatic carbocycles. The molecule has 2 aliphatic rings. The van der Waals surface area contributed by atoms with Crippen LogP contribution in [0.25, 0.3) is 0 Å². The van der Waals surface area contributed by atoms with E-state index in [4.69, 9.17) is 14.2 Å². The van der Waals surface area contributed by atoms with Crippen molar-refractivity contribution in [3.05, 3.63) is 52.6 Å². The summed E-state index contributed by atoms with van der Waals surface area (Å²) in [6, 6.07) is 7.99. The number of morpholine rings is 1. The first-order valence-corrected chi connectivity index (χ1v) is 10.9. The Morgan fingerprint density at radius 3 is 2.71 bits per heavy atom. The molecule has 0 aromatic heterocycles. The number of carbonyl (C=O) groups excluding carboxylic acids is 2. The minimum Gasteiger partial charge on any atom is -0.507 e. The maximum atomic E-state index is 13.2. The van der Waals surface area contributed by atoms with Crippen molar-refractivity contribution in [3.8, 4) is 17.2 Å². The summed E-state index contributed by atoms with van der Waals surface area (Å²) < 4.78 is 55.0. The van der Waals surface area contributed by atoms with Crippen LogP contribution in [0.5, 0.6) is 17.2 Å². The fourth-order valence-electron chi connectivity index (χ4n) is 4.46. The minimum absolute atomic E-state index is 0.0203. The number of fused-ring (bicyclic) bond motifs is 1. The summed E-state index contributed by atoms with van der Waals surface area (Å²) >= 11 is 0. The summed E-state index contributed by atoms with van der Waals surface area (Å²) in [4.78, 5) is 26.4. The number of alkyl halides is 3. The highest BCUT2D eigenvalue weighted by molar-refractivity contribution is 5.98. The third kappa shape index (κ3) is 5.00. The van der Waals surface area contributed by atoms with Gasteiger partial charge in [0.1, 0.15) is 17.2 Å². The van der Waals surface area contributed by atoms with Crippen molar-refractivity contribution in [3.63, 3.8) is 0 Å². The van der Waals surface area contributed by atoms with Crippen molar-refractivity contribution in [1.82, 2.24) is 10.2 Å². The zero-order valence-electron chi connectivity index (χ0n) is 19.1. The first kappa shape index (κ1) is 24.6. The molecule has 4 rings (SSSR count). The highest BCUT2D eigenvalue weighted by Crippen LogP contribution is 2.44. The number of nitrogens with zero attached hydrogens (tertiary/aromatic N) is 1. The number of halogens is 3. The molecule has 2 heterocycles. The number of carbonyl (C=O) groups is 2. The fourth-order valence-corrected chi connectivity index (χ4v) is 4.46. The summed E-state index contributed by atoms with van der Waals surface area (Å²) in [5, 5.41) is 13.6. The number of aromatic hydroxyl groups is 1. The highest BCUT2D eigenvalue weighted by Gasteiger charge is 2.44. The van der Waals surface area contributed by atoms with Gasteiger partial charge >= 0.3 is 6.18 Å². The van der Waals surface area contributed by atoms with E-state index in [1.807, 2.05) is 0 Å². The molecule has 2 aromatic rings. The number of nitrogens with one attached hydrogen (secondary N) is 1.